The Bertz CT molecular complexity index is 988. The third-order valence-electron chi connectivity index (χ3n) is 7.48. The molecule has 0 aromatic carbocycles. The van der Waals surface area contributed by atoms with Gasteiger partial charge < -0.3 is 24.1 Å². The summed E-state index contributed by atoms with van der Waals surface area (Å²) in [4.78, 5) is 25.9. The summed E-state index contributed by atoms with van der Waals surface area (Å²) < 4.78 is 23.6. The Morgan fingerprint density at radius 3 is 2.32 bits per heavy atom. The van der Waals surface area contributed by atoms with Gasteiger partial charge in [0.2, 0.25) is 0 Å². The second-order valence-electron chi connectivity index (χ2n) is 10.5. The zero-order chi connectivity index (χ0) is 27.3. The molecule has 1 N–H and O–H groups in total. The van der Waals surface area contributed by atoms with Crippen molar-refractivity contribution in [2.24, 2.45) is 11.8 Å². The molecule has 2 saturated heterocycles. The van der Waals surface area contributed by atoms with Crippen LogP contribution in [0.3, 0.4) is 0 Å². The molecule has 2 bridgehead atoms. The maximum Gasteiger partial charge on any atom is 0.334 e. The predicted molar refractivity (Wildman–Crippen MR) is 142 cm³/mol. The number of aliphatic hydroxyl groups excluding tert-OH is 1. The number of cyclic esters (lactones) is 1. The van der Waals surface area contributed by atoms with Crippen LogP contribution < -0.4 is 0 Å². The maximum atomic E-state index is 13.1. The van der Waals surface area contributed by atoms with Gasteiger partial charge in [-0.15, -0.1) is 0 Å². The second-order valence-corrected chi connectivity index (χ2v) is 10.5. The van der Waals surface area contributed by atoms with E-state index in [0.29, 0.717) is 24.0 Å². The lowest BCUT2D eigenvalue weighted by atomic mass is 9.93. The van der Waals surface area contributed by atoms with Crippen LogP contribution >= 0.6 is 0 Å². The van der Waals surface area contributed by atoms with Crippen LogP contribution in [0.25, 0.3) is 0 Å². The number of rotatable bonds is 3. The fourth-order valence-electron chi connectivity index (χ4n) is 4.73. The van der Waals surface area contributed by atoms with Crippen LogP contribution in [0.15, 0.2) is 59.3 Å². The van der Waals surface area contributed by atoms with Gasteiger partial charge in [-0.3, -0.25) is 4.79 Å². The minimum Gasteiger partial charge on any atom is -0.454 e. The normalized spacial score (nSPS) is 43.4. The predicted octanol–water partition coefficient (Wildman–Crippen LogP) is 4.42. The number of ketones is 1. The number of esters is 1. The Labute approximate surface area is 220 Å². The van der Waals surface area contributed by atoms with Gasteiger partial charge in [0.25, 0.3) is 0 Å². The Balaban J connectivity index is 1.94. The van der Waals surface area contributed by atoms with E-state index in [1.54, 1.807) is 46.1 Å². The van der Waals surface area contributed by atoms with Gasteiger partial charge in [0.05, 0.1) is 24.4 Å². The Morgan fingerprint density at radius 1 is 1.00 bits per heavy atom. The van der Waals surface area contributed by atoms with E-state index in [0.717, 1.165) is 5.57 Å². The summed E-state index contributed by atoms with van der Waals surface area (Å²) in [5, 5.41) is 10.7. The van der Waals surface area contributed by atoms with Crippen molar-refractivity contribution in [2.75, 3.05) is 7.11 Å². The summed E-state index contributed by atoms with van der Waals surface area (Å²) in [5.74, 6) is -1.20. The van der Waals surface area contributed by atoms with E-state index in [4.69, 9.17) is 18.9 Å². The van der Waals surface area contributed by atoms with E-state index in [1.807, 2.05) is 45.1 Å². The number of aliphatic hydroxyl groups is 1. The third kappa shape index (κ3) is 7.84. The highest BCUT2D eigenvalue weighted by Crippen LogP contribution is 2.33. The summed E-state index contributed by atoms with van der Waals surface area (Å²) in [6.45, 7) is 11.0. The largest absolute Gasteiger partial charge is 0.454 e. The van der Waals surface area contributed by atoms with Crippen LogP contribution in [0.1, 0.15) is 54.4 Å². The van der Waals surface area contributed by atoms with Gasteiger partial charge in [-0.05, 0) is 51.3 Å². The smallest absolute Gasteiger partial charge is 0.334 e. The molecule has 0 spiro atoms. The molecule has 9 atom stereocenters. The molecule has 7 heteroatoms. The molecule has 3 aliphatic rings. The van der Waals surface area contributed by atoms with Crippen molar-refractivity contribution in [3.8, 4) is 0 Å². The lowest BCUT2D eigenvalue weighted by Crippen LogP contribution is -2.33. The van der Waals surface area contributed by atoms with E-state index in [1.165, 1.54) is 0 Å². The highest BCUT2D eigenvalue weighted by molar-refractivity contribution is 5.99. The quantitative estimate of drug-likeness (QED) is 0.339. The molecule has 0 aromatic heterocycles. The summed E-state index contributed by atoms with van der Waals surface area (Å²) in [6.07, 6.45) is 12.0. The molecule has 0 radical (unpaired) electrons. The molecule has 37 heavy (non-hydrogen) atoms. The Hall–Kier alpha value is -2.32. The molecule has 7 nitrogen and oxygen atoms in total. The van der Waals surface area contributed by atoms with E-state index in [-0.39, 0.29) is 42.2 Å². The van der Waals surface area contributed by atoms with Gasteiger partial charge >= 0.3 is 5.97 Å². The number of hydrogen-bond donors (Lipinski definition) is 1. The zero-order valence-corrected chi connectivity index (χ0v) is 23.0. The lowest BCUT2D eigenvalue weighted by molar-refractivity contribution is -0.146. The molecule has 0 amide bonds. The van der Waals surface area contributed by atoms with Crippen LogP contribution in [0.5, 0.6) is 0 Å². The number of epoxide rings is 1. The van der Waals surface area contributed by atoms with Crippen LogP contribution in [0.2, 0.25) is 0 Å². The van der Waals surface area contributed by atoms with Crippen molar-refractivity contribution in [1.82, 2.24) is 0 Å². The monoisotopic (exact) mass is 514 g/mol. The van der Waals surface area contributed by atoms with E-state index >= 15 is 0 Å². The number of carbonyl (C=O) groups is 2. The first-order valence-corrected chi connectivity index (χ1v) is 13.2. The van der Waals surface area contributed by atoms with Crippen LogP contribution in [-0.4, -0.2) is 66.7 Å². The Kier molecular flexibility index (Phi) is 10.2. The molecular weight excluding hydrogens is 472 g/mol. The Morgan fingerprint density at radius 2 is 1.68 bits per heavy atom. The second kappa shape index (κ2) is 13.0. The average molecular weight is 515 g/mol. The average Bonchev–Trinajstić information content (AvgIpc) is 3.42. The van der Waals surface area contributed by atoms with Gasteiger partial charge in [0.1, 0.15) is 18.3 Å². The van der Waals surface area contributed by atoms with Crippen molar-refractivity contribution >= 4 is 11.8 Å². The molecular formula is C30H42O7. The number of Topliss-reactive ketones (excluding diaryl/α,β-unsaturated/α-hetero) is 1. The summed E-state index contributed by atoms with van der Waals surface area (Å²) in [5.41, 5.74) is 1.74. The van der Waals surface area contributed by atoms with Crippen molar-refractivity contribution in [2.45, 2.75) is 97.1 Å². The number of ether oxygens (including phenoxy) is 4. The van der Waals surface area contributed by atoms with Crippen LogP contribution in [0.4, 0.5) is 0 Å². The third-order valence-corrected chi connectivity index (χ3v) is 7.48. The van der Waals surface area contributed by atoms with Crippen molar-refractivity contribution in [3.63, 3.8) is 0 Å². The van der Waals surface area contributed by atoms with Gasteiger partial charge in [0.15, 0.2) is 5.78 Å². The summed E-state index contributed by atoms with van der Waals surface area (Å²) in [6, 6.07) is 0. The highest BCUT2D eigenvalue weighted by atomic mass is 16.6. The summed E-state index contributed by atoms with van der Waals surface area (Å²) in [7, 11) is 1.66. The van der Waals surface area contributed by atoms with Gasteiger partial charge in [0, 0.05) is 30.9 Å². The fraction of sp³-hybridized carbons (Fsp3) is 0.600. The molecule has 0 aromatic rings. The van der Waals surface area contributed by atoms with Crippen LogP contribution in [-0.2, 0) is 28.5 Å². The highest BCUT2D eigenvalue weighted by Gasteiger charge is 2.41. The molecule has 3 aliphatic heterocycles. The van der Waals surface area contributed by atoms with Crippen molar-refractivity contribution in [3.05, 3.63) is 59.3 Å². The molecule has 0 unspecified atom stereocenters. The number of allylic oxidation sites excluding steroid dienone is 4. The lowest BCUT2D eigenvalue weighted by Gasteiger charge is -2.26. The standard InChI is InChI=1S/C30H42O7/c1-17-10-8-9-11-23(31)18(2)15-28-27(34-7)16-26(36-28)21(5)24(12-13-25-22(6)35-25)37-30(33)20(4)14-19(3)29(17)32/h8-10,12-15,19,21-28,31H,11,16H2,1-7H3/b9-8+,13-12+,17-10+,18-15-,20-14+/t19-,21-,22-,23+,24+,25-,26+,27-,28-/m0/s1. The minimum atomic E-state index is -0.679. The fourth-order valence-corrected chi connectivity index (χ4v) is 4.73. The van der Waals surface area contributed by atoms with E-state index < -0.39 is 24.1 Å². The first kappa shape index (κ1) is 29.2. The molecule has 0 saturated carbocycles. The van der Waals surface area contributed by atoms with Crippen LogP contribution in [0, 0.1) is 11.8 Å². The van der Waals surface area contributed by atoms with E-state index in [9.17, 15) is 14.7 Å². The molecule has 204 valence electrons. The molecule has 0 aliphatic carbocycles. The van der Waals surface area contributed by atoms with Gasteiger partial charge in [-0.1, -0.05) is 50.3 Å². The number of fused-ring (bicyclic) bond motifs is 2. The first-order valence-electron chi connectivity index (χ1n) is 13.2. The van der Waals surface area contributed by atoms with Crippen molar-refractivity contribution < 1.29 is 33.6 Å². The van der Waals surface area contributed by atoms with Crippen molar-refractivity contribution in [1.29, 1.82) is 0 Å². The molecule has 2 fully saturated rings. The molecule has 3 rings (SSSR count). The van der Waals surface area contributed by atoms with E-state index in [2.05, 4.69) is 0 Å². The topological polar surface area (TPSA) is 94.6 Å². The maximum absolute atomic E-state index is 13.1. The number of hydrogen-bond acceptors (Lipinski definition) is 7. The first-order chi connectivity index (χ1) is 17.5. The van der Waals surface area contributed by atoms with Gasteiger partial charge in [-0.25, -0.2) is 4.79 Å². The number of carbonyl (C=O) groups excluding carboxylic acids is 2. The SMILES string of the molecule is CO[C@H]1C[C@H]2O[C@H]1/C=C(/C)[C@H](O)C/C=C/C=C(\C)C(=O)[C@@H](C)/C=C(\C)C(=O)O[C@H](/C=C/[C@@H]1O[C@H]1C)[C@@H]2C. The van der Waals surface area contributed by atoms with Gasteiger partial charge in [-0.2, -0.15) is 0 Å². The number of methoxy groups -OCH3 is 1. The zero-order valence-electron chi connectivity index (χ0n) is 23.0. The summed E-state index contributed by atoms with van der Waals surface area (Å²) >= 11 is 0. The minimum absolute atomic E-state index is 0.0107. The molecule has 3 heterocycles.